The molecule has 0 radical (unpaired) electrons. The van der Waals surface area contributed by atoms with Crippen molar-refractivity contribution in [1.82, 2.24) is 25.0 Å². The van der Waals surface area contributed by atoms with Gasteiger partial charge in [-0.05, 0) is 63.2 Å². The van der Waals surface area contributed by atoms with Crippen LogP contribution in [0.5, 0.6) is 0 Å². The molecule has 0 spiro atoms. The second kappa shape index (κ2) is 9.83. The minimum Gasteiger partial charge on any atom is -0.342 e. The molecule has 0 saturated carbocycles. The number of carbonyl (C=O) groups is 1. The van der Waals surface area contributed by atoms with Gasteiger partial charge in [-0.3, -0.25) is 9.69 Å². The van der Waals surface area contributed by atoms with E-state index in [4.69, 9.17) is 4.98 Å². The van der Waals surface area contributed by atoms with Gasteiger partial charge in [0.2, 0.25) is 11.0 Å². The summed E-state index contributed by atoms with van der Waals surface area (Å²) in [5, 5.41) is 13.4. The van der Waals surface area contributed by atoms with Crippen molar-refractivity contribution in [2.75, 3.05) is 38.0 Å². The molecule has 4 heterocycles. The molecule has 0 aliphatic carbocycles. The lowest BCUT2D eigenvalue weighted by Crippen LogP contribution is -2.45. The minimum atomic E-state index is 0.299. The molecule has 2 saturated heterocycles. The molecule has 2 aliphatic rings. The predicted molar refractivity (Wildman–Crippen MR) is 120 cm³/mol. The highest BCUT2D eigenvalue weighted by Gasteiger charge is 2.26. The summed E-state index contributed by atoms with van der Waals surface area (Å²) < 4.78 is 0. The number of aromatic nitrogens is 3. The van der Waals surface area contributed by atoms with E-state index in [0.717, 1.165) is 85.9 Å². The first-order valence-corrected chi connectivity index (χ1v) is 12.0. The van der Waals surface area contributed by atoms with Crippen LogP contribution in [0.3, 0.4) is 0 Å². The number of likely N-dealkylation sites (tertiary alicyclic amines) is 2. The second-order valence-electron chi connectivity index (χ2n) is 8.54. The molecule has 7 nitrogen and oxygen atoms in total. The van der Waals surface area contributed by atoms with Crippen LogP contribution in [0, 0.1) is 5.92 Å². The lowest BCUT2D eigenvalue weighted by atomic mass is 9.93. The molecule has 162 valence electrons. The van der Waals surface area contributed by atoms with E-state index in [1.165, 1.54) is 0 Å². The van der Waals surface area contributed by atoms with Gasteiger partial charge in [-0.1, -0.05) is 31.3 Å². The van der Waals surface area contributed by atoms with E-state index in [1.54, 1.807) is 11.3 Å². The van der Waals surface area contributed by atoms with Crippen LogP contribution in [0.25, 0.3) is 0 Å². The smallest absolute Gasteiger partial charge is 0.236 e. The number of hydrogen-bond donors (Lipinski definition) is 1. The van der Waals surface area contributed by atoms with Crippen molar-refractivity contribution >= 4 is 28.2 Å². The van der Waals surface area contributed by atoms with E-state index in [0.29, 0.717) is 18.4 Å². The highest BCUT2D eigenvalue weighted by Crippen LogP contribution is 2.28. The monoisotopic (exact) mass is 428 g/mol. The van der Waals surface area contributed by atoms with Gasteiger partial charge in [0.25, 0.3) is 0 Å². The van der Waals surface area contributed by atoms with E-state index < -0.39 is 0 Å². The van der Waals surface area contributed by atoms with Crippen molar-refractivity contribution in [2.45, 2.75) is 51.9 Å². The number of pyridine rings is 1. The molecule has 30 heavy (non-hydrogen) atoms. The third-order valence-electron chi connectivity index (χ3n) is 6.28. The number of hydrogen-bond acceptors (Lipinski definition) is 7. The molecule has 2 aromatic heterocycles. The number of anilines is 2. The van der Waals surface area contributed by atoms with Crippen molar-refractivity contribution in [3.63, 3.8) is 0 Å². The van der Waals surface area contributed by atoms with Crippen molar-refractivity contribution in [3.05, 3.63) is 28.9 Å². The van der Waals surface area contributed by atoms with Crippen molar-refractivity contribution in [2.24, 2.45) is 5.92 Å². The highest BCUT2D eigenvalue weighted by molar-refractivity contribution is 7.15. The van der Waals surface area contributed by atoms with E-state index in [1.807, 2.05) is 6.07 Å². The zero-order chi connectivity index (χ0) is 20.9. The Kier molecular flexibility index (Phi) is 6.94. The Hall–Kier alpha value is -2.06. The standard InChI is InChI=1S/C22H32N6OS/c1-3-20-25-26-22(30-20)24-19-6-4-5-18(23-19)17-9-11-27(12-10-17)15-21(29)28-13-7-16(2)8-14-28/h4-6,16-17H,3,7-15H2,1-2H3,(H,23,24,26). The average molecular weight is 429 g/mol. The molecule has 2 fully saturated rings. The van der Waals surface area contributed by atoms with Gasteiger partial charge < -0.3 is 10.2 Å². The Morgan fingerprint density at radius 2 is 1.90 bits per heavy atom. The first-order chi connectivity index (χ1) is 14.6. The quantitative estimate of drug-likeness (QED) is 0.757. The van der Waals surface area contributed by atoms with Crippen LogP contribution in [-0.4, -0.2) is 63.6 Å². The van der Waals surface area contributed by atoms with E-state index in [-0.39, 0.29) is 0 Å². The number of aryl methyl sites for hydroxylation is 1. The van der Waals surface area contributed by atoms with Crippen LogP contribution >= 0.6 is 11.3 Å². The van der Waals surface area contributed by atoms with Crippen LogP contribution in [0.15, 0.2) is 18.2 Å². The first-order valence-electron chi connectivity index (χ1n) is 11.2. The Bertz CT molecular complexity index is 840. The van der Waals surface area contributed by atoms with Crippen LogP contribution < -0.4 is 5.32 Å². The van der Waals surface area contributed by atoms with Crippen LogP contribution in [-0.2, 0) is 11.2 Å². The third-order valence-corrected chi connectivity index (χ3v) is 7.26. The van der Waals surface area contributed by atoms with Gasteiger partial charge >= 0.3 is 0 Å². The molecule has 0 unspecified atom stereocenters. The lowest BCUT2D eigenvalue weighted by molar-refractivity contribution is -0.134. The summed E-state index contributed by atoms with van der Waals surface area (Å²) in [7, 11) is 0. The number of rotatable bonds is 6. The minimum absolute atomic E-state index is 0.299. The highest BCUT2D eigenvalue weighted by atomic mass is 32.1. The van der Waals surface area contributed by atoms with Gasteiger partial charge in [-0.25, -0.2) is 4.98 Å². The fourth-order valence-electron chi connectivity index (χ4n) is 4.24. The van der Waals surface area contributed by atoms with Gasteiger partial charge in [0, 0.05) is 24.7 Å². The Morgan fingerprint density at radius 1 is 1.13 bits per heavy atom. The zero-order valence-corrected chi connectivity index (χ0v) is 18.8. The normalized spacial score (nSPS) is 19.2. The molecule has 2 aliphatic heterocycles. The van der Waals surface area contributed by atoms with Gasteiger partial charge in [0.1, 0.15) is 10.8 Å². The second-order valence-corrected chi connectivity index (χ2v) is 9.60. The van der Waals surface area contributed by atoms with Gasteiger partial charge in [0.05, 0.1) is 6.54 Å². The molecule has 1 amide bonds. The Labute approximate surface area is 182 Å². The van der Waals surface area contributed by atoms with Gasteiger partial charge in [0.15, 0.2) is 0 Å². The SMILES string of the molecule is CCc1nnc(Nc2cccc(C3CCN(CC(=O)N4CCC(C)CC4)CC3)n2)s1. The fraction of sp³-hybridized carbons (Fsp3) is 0.636. The summed E-state index contributed by atoms with van der Waals surface area (Å²) in [4.78, 5) is 21.8. The summed E-state index contributed by atoms with van der Waals surface area (Å²) in [6, 6.07) is 6.15. The van der Waals surface area contributed by atoms with Crippen LogP contribution in [0.2, 0.25) is 0 Å². The predicted octanol–water partition coefficient (Wildman–Crippen LogP) is 3.68. The fourth-order valence-corrected chi connectivity index (χ4v) is 4.93. The summed E-state index contributed by atoms with van der Waals surface area (Å²) in [5.74, 6) is 2.31. The zero-order valence-electron chi connectivity index (χ0n) is 18.0. The van der Waals surface area contributed by atoms with Gasteiger partial charge in [-0.15, -0.1) is 10.2 Å². The average Bonchev–Trinajstić information content (AvgIpc) is 3.22. The Balaban J connectivity index is 1.28. The summed E-state index contributed by atoms with van der Waals surface area (Å²) in [6.45, 7) is 8.68. The first kappa shape index (κ1) is 21.2. The van der Waals surface area contributed by atoms with E-state index in [2.05, 4.69) is 51.3 Å². The van der Waals surface area contributed by atoms with E-state index >= 15 is 0 Å². The molecule has 0 bridgehead atoms. The number of piperidine rings is 2. The molecule has 0 atom stereocenters. The van der Waals surface area contributed by atoms with Crippen molar-refractivity contribution < 1.29 is 4.79 Å². The number of nitrogens with one attached hydrogen (secondary N) is 1. The molecule has 4 rings (SSSR count). The lowest BCUT2D eigenvalue weighted by Gasteiger charge is -2.35. The Morgan fingerprint density at radius 3 is 2.60 bits per heavy atom. The van der Waals surface area contributed by atoms with Crippen LogP contribution in [0.4, 0.5) is 10.9 Å². The van der Waals surface area contributed by atoms with Gasteiger partial charge in [-0.2, -0.15) is 0 Å². The maximum absolute atomic E-state index is 12.6. The molecular formula is C22H32N6OS. The largest absolute Gasteiger partial charge is 0.342 e. The maximum atomic E-state index is 12.6. The molecule has 8 heteroatoms. The van der Waals surface area contributed by atoms with E-state index in [9.17, 15) is 4.79 Å². The molecular weight excluding hydrogens is 396 g/mol. The topological polar surface area (TPSA) is 74.2 Å². The molecule has 0 aromatic carbocycles. The van der Waals surface area contributed by atoms with Crippen molar-refractivity contribution in [3.8, 4) is 0 Å². The number of amides is 1. The summed E-state index contributed by atoms with van der Waals surface area (Å²) in [5.41, 5.74) is 1.12. The van der Waals surface area contributed by atoms with Crippen LogP contribution in [0.1, 0.15) is 56.2 Å². The van der Waals surface area contributed by atoms with Crippen molar-refractivity contribution in [1.29, 1.82) is 0 Å². The molecule has 2 aromatic rings. The maximum Gasteiger partial charge on any atom is 0.236 e. The summed E-state index contributed by atoms with van der Waals surface area (Å²) >= 11 is 1.57. The molecule has 1 N–H and O–H groups in total. The third kappa shape index (κ3) is 5.35. The number of nitrogens with zero attached hydrogens (tertiary/aromatic N) is 5. The number of carbonyl (C=O) groups excluding carboxylic acids is 1. The summed E-state index contributed by atoms with van der Waals surface area (Å²) in [6.07, 6.45) is 5.26.